The number of nitrogens with zero attached hydrogens (tertiary/aromatic N) is 1. The van der Waals surface area contributed by atoms with Crippen LogP contribution in [-0.2, 0) is 4.57 Å². The van der Waals surface area contributed by atoms with Gasteiger partial charge in [0.2, 0.25) is 0 Å². The minimum Gasteiger partial charge on any atom is -0.454 e. The first-order valence-electron chi connectivity index (χ1n) is 17.4. The second-order valence-electron chi connectivity index (χ2n) is 13.4. The number of aromatic nitrogens is 1. The van der Waals surface area contributed by atoms with Crippen molar-refractivity contribution < 1.29 is 8.98 Å². The van der Waals surface area contributed by atoms with E-state index in [2.05, 4.69) is 110 Å². The molecule has 242 valence electrons. The fraction of sp³-hybridized carbons (Fsp3) is 0.109. The van der Waals surface area contributed by atoms with Crippen LogP contribution in [0.25, 0.3) is 66.4 Å². The van der Waals surface area contributed by atoms with Crippen LogP contribution in [0.15, 0.2) is 168 Å². The number of benzene rings is 6. The van der Waals surface area contributed by atoms with E-state index in [-0.39, 0.29) is 5.66 Å². The Balaban J connectivity index is 1.22. The van der Waals surface area contributed by atoms with Crippen LogP contribution in [0.5, 0.6) is 0 Å². The maximum atomic E-state index is 15.5. The minimum atomic E-state index is -2.99. The first-order chi connectivity index (χ1) is 24.6. The monoisotopic (exact) mass is 665 g/mol. The highest BCUT2D eigenvalue weighted by Crippen LogP contribution is 2.54. The van der Waals surface area contributed by atoms with Crippen molar-refractivity contribution in [2.75, 3.05) is 0 Å². The van der Waals surface area contributed by atoms with Gasteiger partial charge < -0.3 is 8.98 Å². The second kappa shape index (κ2) is 12.4. The zero-order chi connectivity index (χ0) is 33.7. The maximum absolute atomic E-state index is 15.5. The number of allylic oxidation sites excluding steroid dienone is 2. The molecule has 3 nitrogen and oxygen atoms in total. The Morgan fingerprint density at radius 3 is 2.12 bits per heavy atom. The molecule has 0 N–H and O–H groups in total. The molecule has 0 amide bonds. The number of fused-ring (bicyclic) bond motifs is 5. The molecule has 3 atom stereocenters. The molecule has 0 radical (unpaired) electrons. The van der Waals surface area contributed by atoms with Gasteiger partial charge in [0.05, 0.1) is 5.52 Å². The van der Waals surface area contributed by atoms with Crippen molar-refractivity contribution in [2.45, 2.75) is 25.4 Å². The van der Waals surface area contributed by atoms with Crippen molar-refractivity contribution in [3.8, 4) is 33.5 Å². The van der Waals surface area contributed by atoms with Gasteiger partial charge in [-0.05, 0) is 65.3 Å². The predicted octanol–water partition coefficient (Wildman–Crippen LogP) is 11.8. The lowest BCUT2D eigenvalue weighted by Gasteiger charge is -2.33. The summed E-state index contributed by atoms with van der Waals surface area (Å²) in [5, 5.41) is 5.05. The van der Waals surface area contributed by atoms with E-state index < -0.39 is 7.14 Å². The van der Waals surface area contributed by atoms with E-state index >= 15 is 4.57 Å². The Morgan fingerprint density at radius 1 is 0.640 bits per heavy atom. The smallest absolute Gasteiger partial charge is 0.162 e. The van der Waals surface area contributed by atoms with E-state index in [1.807, 2.05) is 60.7 Å². The van der Waals surface area contributed by atoms with Gasteiger partial charge in [-0.15, -0.1) is 0 Å². The Kier molecular flexibility index (Phi) is 7.60. The molecule has 9 rings (SSSR count). The molecule has 0 fully saturated rings. The molecule has 2 aromatic heterocycles. The third-order valence-electron chi connectivity index (χ3n) is 10.4. The van der Waals surface area contributed by atoms with E-state index in [1.54, 1.807) is 0 Å². The summed E-state index contributed by atoms with van der Waals surface area (Å²) in [7, 11) is -2.99. The number of hydrogen-bond acceptors (Lipinski definition) is 3. The highest BCUT2D eigenvalue weighted by molar-refractivity contribution is 7.79. The molecule has 6 aromatic carbocycles. The average Bonchev–Trinajstić information content (AvgIpc) is 3.58. The molecule has 8 aromatic rings. The van der Waals surface area contributed by atoms with Gasteiger partial charge >= 0.3 is 0 Å². The van der Waals surface area contributed by atoms with Gasteiger partial charge in [-0.1, -0.05) is 146 Å². The fourth-order valence-corrected chi connectivity index (χ4v) is 11.4. The fourth-order valence-electron chi connectivity index (χ4n) is 7.90. The largest absolute Gasteiger partial charge is 0.454 e. The zero-order valence-corrected chi connectivity index (χ0v) is 28.8. The lowest BCUT2D eigenvalue weighted by Crippen LogP contribution is -2.30. The van der Waals surface area contributed by atoms with Gasteiger partial charge in [0.25, 0.3) is 0 Å². The molecule has 4 heteroatoms. The number of para-hydroxylation sites is 1. The SMILES string of the molecule is CC1CCC=CC1P(=O)(c1ccccc1)c1cccc(-c2cccc(-c3cccc4nc(-c5ccccc5)c5oc6ccccc6c5c34)c2)c1. The molecule has 3 unspecified atom stereocenters. The van der Waals surface area contributed by atoms with Crippen LogP contribution < -0.4 is 10.6 Å². The summed E-state index contributed by atoms with van der Waals surface area (Å²) in [6.45, 7) is 2.25. The van der Waals surface area contributed by atoms with Crippen molar-refractivity contribution >= 4 is 50.6 Å². The molecule has 2 heterocycles. The van der Waals surface area contributed by atoms with Crippen LogP contribution in [0.1, 0.15) is 19.8 Å². The number of furan rings is 1. The number of rotatable bonds is 6. The van der Waals surface area contributed by atoms with Crippen LogP contribution in [0.2, 0.25) is 0 Å². The molecule has 1 aliphatic carbocycles. The molecule has 0 bridgehead atoms. The van der Waals surface area contributed by atoms with Crippen LogP contribution in [0.3, 0.4) is 0 Å². The molecular formula is C46H36NO2P. The topological polar surface area (TPSA) is 43.1 Å². The second-order valence-corrected chi connectivity index (χ2v) is 16.4. The van der Waals surface area contributed by atoms with Crippen LogP contribution >= 0.6 is 7.14 Å². The Bertz CT molecular complexity index is 2600. The molecular weight excluding hydrogens is 629 g/mol. The molecule has 0 saturated heterocycles. The van der Waals surface area contributed by atoms with Crippen LogP contribution in [-0.4, -0.2) is 10.6 Å². The van der Waals surface area contributed by atoms with Crippen LogP contribution in [0, 0.1) is 5.92 Å². The van der Waals surface area contributed by atoms with Crippen molar-refractivity contribution in [3.63, 3.8) is 0 Å². The lowest BCUT2D eigenvalue weighted by atomic mass is 9.93. The summed E-state index contributed by atoms with van der Waals surface area (Å²) in [4.78, 5) is 5.22. The van der Waals surface area contributed by atoms with Gasteiger partial charge in [0.15, 0.2) is 5.58 Å². The van der Waals surface area contributed by atoms with Crippen molar-refractivity contribution in [3.05, 3.63) is 164 Å². The Morgan fingerprint density at radius 2 is 1.30 bits per heavy atom. The molecule has 0 spiro atoms. The number of pyridine rings is 1. The average molecular weight is 666 g/mol. The number of hydrogen-bond donors (Lipinski definition) is 0. The summed E-state index contributed by atoms with van der Waals surface area (Å²) >= 11 is 0. The van der Waals surface area contributed by atoms with E-state index in [0.29, 0.717) is 5.92 Å². The van der Waals surface area contributed by atoms with E-state index in [4.69, 9.17) is 9.40 Å². The summed E-state index contributed by atoms with van der Waals surface area (Å²) in [5.41, 5.74) is 8.72. The van der Waals surface area contributed by atoms with E-state index in [0.717, 1.165) is 89.8 Å². The minimum absolute atomic E-state index is 0.0311. The van der Waals surface area contributed by atoms with E-state index in [1.165, 1.54) is 0 Å². The standard InChI is InChI=1S/C46H36NO2P/c1-31-15-8-11-28-42(31)50(48,36-21-6-3-7-22-36)37-23-13-19-34(30-37)33-18-12-20-35(29-33)38-25-14-26-40-43(38)44-39-24-9-10-27-41(39)49-46(44)45(47-40)32-16-4-2-5-17-32/h2-7,9-14,16-31,42H,8,15H2,1H3. The van der Waals surface area contributed by atoms with Gasteiger partial charge in [-0.25, -0.2) is 4.98 Å². The third kappa shape index (κ3) is 5.04. The Hall–Kier alpha value is -5.50. The Labute approximate surface area is 292 Å². The maximum Gasteiger partial charge on any atom is 0.162 e. The quantitative estimate of drug-likeness (QED) is 0.131. The zero-order valence-electron chi connectivity index (χ0n) is 27.9. The van der Waals surface area contributed by atoms with Crippen molar-refractivity contribution in [1.29, 1.82) is 0 Å². The van der Waals surface area contributed by atoms with Crippen molar-refractivity contribution in [1.82, 2.24) is 4.98 Å². The van der Waals surface area contributed by atoms with Gasteiger partial charge in [-0.2, -0.15) is 0 Å². The molecule has 0 aliphatic heterocycles. The highest BCUT2D eigenvalue weighted by atomic mass is 31.2. The first kappa shape index (κ1) is 30.6. The highest BCUT2D eigenvalue weighted by Gasteiger charge is 2.39. The molecule has 0 saturated carbocycles. The van der Waals surface area contributed by atoms with Gasteiger partial charge in [0, 0.05) is 38.0 Å². The summed E-state index contributed by atoms with van der Waals surface area (Å²) in [6, 6.07) is 52.2. The van der Waals surface area contributed by atoms with E-state index in [9.17, 15) is 0 Å². The van der Waals surface area contributed by atoms with Gasteiger partial charge in [-0.3, -0.25) is 0 Å². The summed E-state index contributed by atoms with van der Waals surface area (Å²) in [6.07, 6.45) is 6.52. The normalized spacial score (nSPS) is 17.3. The summed E-state index contributed by atoms with van der Waals surface area (Å²) in [5.74, 6) is 0.330. The molecule has 1 aliphatic rings. The lowest BCUT2D eigenvalue weighted by molar-refractivity contribution is 0.509. The first-order valence-corrected chi connectivity index (χ1v) is 19.2. The van der Waals surface area contributed by atoms with Gasteiger partial charge in [0.1, 0.15) is 18.4 Å². The predicted molar refractivity (Wildman–Crippen MR) is 210 cm³/mol. The molecule has 50 heavy (non-hydrogen) atoms. The van der Waals surface area contributed by atoms with Crippen LogP contribution in [0.4, 0.5) is 0 Å². The van der Waals surface area contributed by atoms with Crippen molar-refractivity contribution in [2.24, 2.45) is 5.92 Å². The third-order valence-corrected chi connectivity index (χ3v) is 14.0. The summed E-state index contributed by atoms with van der Waals surface area (Å²) < 4.78 is 22.0.